The average molecular weight is 433 g/mol. The van der Waals surface area contributed by atoms with Crippen molar-refractivity contribution in [2.24, 2.45) is 0 Å². The van der Waals surface area contributed by atoms with Crippen LogP contribution in [0.25, 0.3) is 9.41 Å². The van der Waals surface area contributed by atoms with E-state index in [-0.39, 0.29) is 11.1 Å². The molecule has 2 aromatic rings. The molecule has 2 aromatic carbocycles. The summed E-state index contributed by atoms with van der Waals surface area (Å²) < 4.78 is 4.19. The summed E-state index contributed by atoms with van der Waals surface area (Å²) in [6.07, 6.45) is 3.30. The molecule has 0 saturated carbocycles. The van der Waals surface area contributed by atoms with Crippen LogP contribution < -0.4 is 8.64 Å². The Morgan fingerprint density at radius 3 is 2.54 bits per heavy atom. The second kappa shape index (κ2) is 5.39. The third-order valence-corrected chi connectivity index (χ3v) is 16.1. The summed E-state index contributed by atoms with van der Waals surface area (Å²) in [7, 11) is 0. The van der Waals surface area contributed by atoms with Crippen LogP contribution in [0, 0.1) is 0 Å². The van der Waals surface area contributed by atoms with Crippen molar-refractivity contribution in [3.05, 3.63) is 73.5 Å². The minimum atomic E-state index is -2.45. The second-order valence-corrected chi connectivity index (χ2v) is 15.2. The van der Waals surface area contributed by atoms with Gasteiger partial charge in [0.15, 0.2) is 0 Å². The Morgan fingerprint density at radius 1 is 1.00 bits per heavy atom. The van der Waals surface area contributed by atoms with Crippen LogP contribution in [0.1, 0.15) is 16.7 Å². The number of rotatable bonds is 2. The monoisotopic (exact) mass is 433 g/mol. The van der Waals surface area contributed by atoms with E-state index in [1.54, 1.807) is 0 Å². The molecule has 0 aliphatic carbocycles. The zero-order chi connectivity index (χ0) is 16.3. The van der Waals surface area contributed by atoms with Gasteiger partial charge in [0, 0.05) is 0 Å². The van der Waals surface area contributed by atoms with E-state index in [1.807, 2.05) is 6.07 Å². The van der Waals surface area contributed by atoms with Crippen LogP contribution in [-0.2, 0) is 11.2 Å². The standard InChI is InChI=1S/C19H12NO2S.In/c21-18-17(23-19(22)20-18)13-16-11-5-4-10-15(16)12-6-9-14-7-2-1-3-8-14;/h1-5,7-8,11-12H,9H2,(H,20,21,22);. The summed E-state index contributed by atoms with van der Waals surface area (Å²) in [4.78, 5) is 24.5. The molecule has 3 nitrogen and oxygen atoms in total. The van der Waals surface area contributed by atoms with Gasteiger partial charge in [-0.05, 0) is 0 Å². The zero-order valence-electron chi connectivity index (χ0n) is 12.7. The van der Waals surface area contributed by atoms with Crippen molar-refractivity contribution in [3.63, 3.8) is 0 Å². The SMILES string of the molecule is O=C1NC(=O)/C(=[C]2\c3ccc[c]4c3C=[C](Cc3ccccc3)[In]24)S1. The maximum absolute atomic E-state index is 12.2. The molecule has 0 aromatic heterocycles. The number of allylic oxidation sites excluding steroid dienone is 1. The van der Waals surface area contributed by atoms with Crippen molar-refractivity contribution in [2.75, 3.05) is 0 Å². The van der Waals surface area contributed by atoms with Gasteiger partial charge in [-0.2, -0.15) is 0 Å². The number of nitrogens with one attached hydrogen (secondary N) is 1. The predicted molar refractivity (Wildman–Crippen MR) is 98.0 cm³/mol. The van der Waals surface area contributed by atoms with Gasteiger partial charge in [-0.3, -0.25) is 0 Å². The third-order valence-electron chi connectivity index (χ3n) is 4.84. The molecule has 4 bridgehead atoms. The van der Waals surface area contributed by atoms with Crippen LogP contribution in [0.2, 0.25) is 0 Å². The predicted octanol–water partition coefficient (Wildman–Crippen LogP) is 2.81. The molecule has 5 rings (SSSR count). The number of benzene rings is 2. The van der Waals surface area contributed by atoms with E-state index in [0.29, 0.717) is 4.91 Å². The van der Waals surface area contributed by atoms with E-state index >= 15 is 0 Å². The van der Waals surface area contributed by atoms with Crippen molar-refractivity contribution < 1.29 is 9.59 Å². The first-order chi connectivity index (χ1) is 11.7. The van der Waals surface area contributed by atoms with Crippen LogP contribution in [0.4, 0.5) is 4.79 Å². The average Bonchev–Trinajstić information content (AvgIpc) is 3.14. The molecule has 114 valence electrons. The first-order valence-electron chi connectivity index (χ1n) is 7.87. The van der Waals surface area contributed by atoms with Crippen molar-refractivity contribution in [1.29, 1.82) is 0 Å². The van der Waals surface area contributed by atoms with Gasteiger partial charge in [-0.15, -0.1) is 0 Å². The summed E-state index contributed by atoms with van der Waals surface area (Å²) in [6.45, 7) is 0. The molecule has 5 heteroatoms. The molecule has 3 heterocycles. The fourth-order valence-electron chi connectivity index (χ4n) is 3.92. The number of carbonyl (C=O) groups excluding carboxylic acids is 2. The number of amides is 2. The molecular weight excluding hydrogens is 421 g/mol. The fourth-order valence-corrected chi connectivity index (χ4v) is 16.4. The molecule has 0 unspecified atom stereocenters. The van der Waals surface area contributed by atoms with Gasteiger partial charge in [-0.25, -0.2) is 0 Å². The third kappa shape index (κ3) is 2.07. The van der Waals surface area contributed by atoms with Crippen LogP contribution in [-0.4, -0.2) is 32.6 Å². The topological polar surface area (TPSA) is 46.2 Å². The van der Waals surface area contributed by atoms with Crippen molar-refractivity contribution in [2.45, 2.75) is 6.42 Å². The zero-order valence-corrected chi connectivity index (χ0v) is 16.8. The normalized spacial score (nSPS) is 20.7. The molecule has 3 aliphatic rings. The fraction of sp³-hybridized carbons (Fsp3) is 0.0526. The van der Waals surface area contributed by atoms with E-state index in [9.17, 15) is 9.59 Å². The van der Waals surface area contributed by atoms with Gasteiger partial charge in [0.1, 0.15) is 0 Å². The van der Waals surface area contributed by atoms with Crippen LogP contribution in [0.3, 0.4) is 0 Å². The van der Waals surface area contributed by atoms with E-state index in [4.69, 9.17) is 0 Å². The van der Waals surface area contributed by atoms with Crippen molar-refractivity contribution in [1.82, 2.24) is 5.32 Å². The summed E-state index contributed by atoms with van der Waals surface area (Å²) in [6, 6.07) is 16.9. The van der Waals surface area contributed by atoms with Crippen LogP contribution >= 0.6 is 11.8 Å². The Labute approximate surface area is 151 Å². The first-order valence-corrected chi connectivity index (χ1v) is 13.6. The van der Waals surface area contributed by atoms with Gasteiger partial charge >= 0.3 is 152 Å². The molecule has 1 N–H and O–H groups in total. The van der Waals surface area contributed by atoms with E-state index in [2.05, 4.69) is 53.9 Å². The van der Waals surface area contributed by atoms with Gasteiger partial charge < -0.3 is 0 Å². The van der Waals surface area contributed by atoms with Crippen LogP contribution in [0.15, 0.2) is 56.8 Å². The van der Waals surface area contributed by atoms with Crippen LogP contribution in [0.5, 0.6) is 0 Å². The number of hydrogen-bond donors (Lipinski definition) is 1. The minimum absolute atomic E-state index is 0.212. The number of thioether (sulfide) groups is 1. The number of imide groups is 1. The van der Waals surface area contributed by atoms with Crippen molar-refractivity contribution >= 4 is 57.1 Å². The van der Waals surface area contributed by atoms with Gasteiger partial charge in [-0.1, -0.05) is 0 Å². The Bertz CT molecular complexity index is 978. The molecule has 0 spiro atoms. The van der Waals surface area contributed by atoms with E-state index in [1.165, 1.54) is 26.7 Å². The van der Waals surface area contributed by atoms with E-state index < -0.39 is 21.4 Å². The molecule has 1 saturated heterocycles. The van der Waals surface area contributed by atoms with Gasteiger partial charge in [0.25, 0.3) is 0 Å². The molecule has 3 aliphatic heterocycles. The second-order valence-electron chi connectivity index (χ2n) is 6.21. The van der Waals surface area contributed by atoms with E-state index in [0.717, 1.165) is 18.2 Å². The summed E-state index contributed by atoms with van der Waals surface area (Å²) in [5.41, 5.74) is 3.81. The van der Waals surface area contributed by atoms with Gasteiger partial charge in [0.2, 0.25) is 0 Å². The summed E-state index contributed by atoms with van der Waals surface area (Å²) in [5, 5.41) is 2.18. The molecule has 0 atom stereocenters. The molecule has 1 fully saturated rings. The Balaban J connectivity index is 1.63. The molecule has 0 radical (unpaired) electrons. The van der Waals surface area contributed by atoms with Gasteiger partial charge in [0.05, 0.1) is 0 Å². The summed E-state index contributed by atoms with van der Waals surface area (Å²) >= 11 is -1.37. The Hall–Kier alpha value is -1.72. The maximum atomic E-state index is 12.2. The molecular formula is C19H12InNO2S. The summed E-state index contributed by atoms with van der Waals surface area (Å²) in [5.74, 6) is -0.212. The number of hydrogen-bond acceptors (Lipinski definition) is 3. The Morgan fingerprint density at radius 2 is 1.83 bits per heavy atom. The first kappa shape index (κ1) is 14.6. The molecule has 24 heavy (non-hydrogen) atoms. The quantitative estimate of drug-likeness (QED) is 0.742. The van der Waals surface area contributed by atoms with Crippen molar-refractivity contribution in [3.8, 4) is 0 Å². The molecule has 2 amide bonds. The Kier molecular flexibility index (Phi) is 3.28. The number of carbonyl (C=O) groups is 2.